The molecule has 1 amide bonds. The van der Waals surface area contributed by atoms with E-state index in [1.54, 1.807) is 0 Å². The zero-order chi connectivity index (χ0) is 10.7. The van der Waals surface area contributed by atoms with Crippen molar-refractivity contribution in [2.24, 2.45) is 5.73 Å². The van der Waals surface area contributed by atoms with E-state index >= 15 is 0 Å². The Hall–Kier alpha value is -1.58. The van der Waals surface area contributed by atoms with Crippen LogP contribution in [-0.4, -0.2) is 11.9 Å². The number of primary amides is 1. The number of nitrogens with two attached hydrogens (primary N) is 1. The summed E-state index contributed by atoms with van der Waals surface area (Å²) in [6, 6.07) is 0. The van der Waals surface area contributed by atoms with Gasteiger partial charge in [0.25, 0.3) is 0 Å². The summed E-state index contributed by atoms with van der Waals surface area (Å²) in [4.78, 5) is 19.8. The van der Waals surface area contributed by atoms with E-state index in [0.717, 1.165) is 18.8 Å². The van der Waals surface area contributed by atoms with Gasteiger partial charge in [0.05, 0.1) is 6.26 Å². The number of esters is 1. The molecule has 0 aromatic rings. The predicted octanol–water partition coefficient (Wildman–Crippen LogP) is 1.13. The maximum Gasteiger partial charge on any atom is 0.310 e. The van der Waals surface area contributed by atoms with Crippen LogP contribution in [0.2, 0.25) is 0 Å². The second-order valence-electron chi connectivity index (χ2n) is 2.01. The highest BCUT2D eigenvalue weighted by Crippen LogP contribution is 1.89. The van der Waals surface area contributed by atoms with E-state index in [0.29, 0.717) is 6.42 Å². The van der Waals surface area contributed by atoms with Gasteiger partial charge < -0.3 is 10.5 Å². The Labute approximate surface area is 78.1 Å². The van der Waals surface area contributed by atoms with Crippen LogP contribution in [0.25, 0.3) is 0 Å². The van der Waals surface area contributed by atoms with E-state index in [1.807, 2.05) is 6.92 Å². The van der Waals surface area contributed by atoms with Crippen molar-refractivity contribution in [3.8, 4) is 0 Å². The normalized spacial score (nSPS) is 7.46. The molecule has 0 aliphatic carbocycles. The first kappa shape index (κ1) is 14.0. The fraction of sp³-hybridized carbons (Fsp3) is 0.333. The Morgan fingerprint density at radius 1 is 1.46 bits per heavy atom. The van der Waals surface area contributed by atoms with E-state index in [9.17, 15) is 9.59 Å². The Kier molecular flexibility index (Phi) is 11.2. The molecule has 0 aliphatic heterocycles. The van der Waals surface area contributed by atoms with E-state index in [-0.39, 0.29) is 5.97 Å². The molecule has 0 radical (unpaired) electrons. The molecule has 0 rings (SSSR count). The Balaban J connectivity index is 0. The summed E-state index contributed by atoms with van der Waals surface area (Å²) in [6.45, 7) is 8.25. The third-order valence-electron chi connectivity index (χ3n) is 0.870. The largest absolute Gasteiger partial charge is 0.435 e. The SMILES string of the molecule is C=CC(N)=O.C=COC(=O)CCC. The van der Waals surface area contributed by atoms with Crippen LogP contribution in [-0.2, 0) is 14.3 Å². The first-order valence-electron chi connectivity index (χ1n) is 3.80. The number of ether oxygens (including phenoxy) is 1. The van der Waals surface area contributed by atoms with Crippen LogP contribution in [0.3, 0.4) is 0 Å². The van der Waals surface area contributed by atoms with Crippen molar-refractivity contribution in [1.82, 2.24) is 0 Å². The molecule has 4 nitrogen and oxygen atoms in total. The van der Waals surface area contributed by atoms with Crippen LogP contribution in [0, 0.1) is 0 Å². The zero-order valence-electron chi connectivity index (χ0n) is 7.79. The van der Waals surface area contributed by atoms with Gasteiger partial charge in [-0.25, -0.2) is 0 Å². The maximum atomic E-state index is 10.3. The molecule has 0 saturated heterocycles. The first-order valence-corrected chi connectivity index (χ1v) is 3.80. The maximum absolute atomic E-state index is 10.3. The number of hydrogen-bond donors (Lipinski definition) is 1. The average Bonchev–Trinajstić information content (AvgIpc) is 2.06. The van der Waals surface area contributed by atoms with Gasteiger partial charge in [-0.2, -0.15) is 0 Å². The molecule has 13 heavy (non-hydrogen) atoms. The lowest BCUT2D eigenvalue weighted by Crippen LogP contribution is -2.04. The van der Waals surface area contributed by atoms with Crippen LogP contribution < -0.4 is 5.73 Å². The summed E-state index contributed by atoms with van der Waals surface area (Å²) >= 11 is 0. The third kappa shape index (κ3) is 17.9. The van der Waals surface area contributed by atoms with Crippen LogP contribution in [0.4, 0.5) is 0 Å². The highest BCUT2D eigenvalue weighted by atomic mass is 16.5. The molecule has 0 heterocycles. The zero-order valence-corrected chi connectivity index (χ0v) is 7.79. The first-order chi connectivity index (χ1) is 6.08. The predicted molar refractivity (Wildman–Crippen MR) is 50.6 cm³/mol. The molecule has 2 N–H and O–H groups in total. The van der Waals surface area contributed by atoms with E-state index in [4.69, 9.17) is 0 Å². The molecule has 0 fully saturated rings. The molecular weight excluding hydrogens is 170 g/mol. The van der Waals surface area contributed by atoms with Gasteiger partial charge in [0, 0.05) is 6.42 Å². The van der Waals surface area contributed by atoms with Gasteiger partial charge in [0.1, 0.15) is 0 Å². The van der Waals surface area contributed by atoms with Crippen LogP contribution in [0.15, 0.2) is 25.5 Å². The standard InChI is InChI=1S/C6H10O2.C3H5NO/c1-3-5-6(7)8-4-2;1-2-3(4)5/h4H,2-3,5H2,1H3;2H,1H2,(H2,4,5). The van der Waals surface area contributed by atoms with Gasteiger partial charge >= 0.3 is 5.97 Å². The van der Waals surface area contributed by atoms with Crippen LogP contribution >= 0.6 is 0 Å². The monoisotopic (exact) mass is 185 g/mol. The number of amides is 1. The molecule has 0 saturated carbocycles. The number of hydrogen-bond acceptors (Lipinski definition) is 3. The van der Waals surface area contributed by atoms with Gasteiger partial charge in [-0.15, -0.1) is 0 Å². The molecule has 0 aliphatic rings. The molecule has 0 aromatic carbocycles. The van der Waals surface area contributed by atoms with Crippen molar-refractivity contribution in [3.05, 3.63) is 25.5 Å². The summed E-state index contributed by atoms with van der Waals surface area (Å²) in [5, 5.41) is 0. The van der Waals surface area contributed by atoms with Gasteiger partial charge in [-0.1, -0.05) is 20.1 Å². The van der Waals surface area contributed by atoms with Crippen molar-refractivity contribution in [2.75, 3.05) is 0 Å². The third-order valence-corrected chi connectivity index (χ3v) is 0.870. The molecular formula is C9H15NO3. The summed E-state index contributed by atoms with van der Waals surface area (Å²) in [5.74, 6) is -0.687. The second kappa shape index (κ2) is 10.4. The van der Waals surface area contributed by atoms with Crippen molar-refractivity contribution in [3.63, 3.8) is 0 Å². The number of carbonyl (C=O) groups is 2. The minimum atomic E-state index is -0.481. The fourth-order valence-electron chi connectivity index (χ4n) is 0.356. The number of rotatable bonds is 4. The van der Waals surface area contributed by atoms with Crippen molar-refractivity contribution < 1.29 is 14.3 Å². The Morgan fingerprint density at radius 3 is 2.15 bits per heavy atom. The Morgan fingerprint density at radius 2 is 1.92 bits per heavy atom. The van der Waals surface area contributed by atoms with Crippen molar-refractivity contribution in [2.45, 2.75) is 19.8 Å². The molecule has 0 atom stereocenters. The molecule has 0 spiro atoms. The summed E-state index contributed by atoms with van der Waals surface area (Å²) in [6.07, 6.45) is 3.51. The lowest BCUT2D eigenvalue weighted by molar-refractivity contribution is -0.138. The van der Waals surface area contributed by atoms with E-state index < -0.39 is 5.91 Å². The summed E-state index contributed by atoms with van der Waals surface area (Å²) < 4.78 is 4.41. The smallest absolute Gasteiger partial charge is 0.310 e. The molecule has 4 heteroatoms. The van der Waals surface area contributed by atoms with Crippen LogP contribution in [0.1, 0.15) is 19.8 Å². The number of carbonyl (C=O) groups excluding carboxylic acids is 2. The van der Waals surface area contributed by atoms with Gasteiger partial charge in [-0.05, 0) is 12.5 Å². The van der Waals surface area contributed by atoms with E-state index in [1.165, 1.54) is 0 Å². The highest BCUT2D eigenvalue weighted by Gasteiger charge is 1.94. The van der Waals surface area contributed by atoms with Crippen molar-refractivity contribution >= 4 is 11.9 Å². The molecule has 74 valence electrons. The summed E-state index contributed by atoms with van der Waals surface area (Å²) in [7, 11) is 0. The minimum Gasteiger partial charge on any atom is -0.435 e. The lowest BCUT2D eigenvalue weighted by atomic mass is 10.3. The lowest BCUT2D eigenvalue weighted by Gasteiger charge is -1.92. The minimum absolute atomic E-state index is 0.206. The van der Waals surface area contributed by atoms with E-state index in [2.05, 4.69) is 23.6 Å². The molecule has 0 unspecified atom stereocenters. The fourth-order valence-corrected chi connectivity index (χ4v) is 0.356. The molecule has 0 aromatic heterocycles. The molecule has 0 bridgehead atoms. The highest BCUT2D eigenvalue weighted by molar-refractivity contribution is 5.84. The average molecular weight is 185 g/mol. The van der Waals surface area contributed by atoms with Gasteiger partial charge in [0.2, 0.25) is 5.91 Å². The topological polar surface area (TPSA) is 69.4 Å². The quantitative estimate of drug-likeness (QED) is 0.405. The van der Waals surface area contributed by atoms with Gasteiger partial charge in [-0.3, -0.25) is 9.59 Å². The Bertz CT molecular complexity index is 187. The van der Waals surface area contributed by atoms with Crippen molar-refractivity contribution in [1.29, 1.82) is 0 Å². The summed E-state index contributed by atoms with van der Waals surface area (Å²) in [5.41, 5.74) is 4.53. The van der Waals surface area contributed by atoms with Crippen LogP contribution in [0.5, 0.6) is 0 Å². The van der Waals surface area contributed by atoms with Gasteiger partial charge in [0.15, 0.2) is 0 Å². The second-order valence-corrected chi connectivity index (χ2v) is 2.01.